The second-order valence-electron chi connectivity index (χ2n) is 5.11. The summed E-state index contributed by atoms with van der Waals surface area (Å²) in [7, 11) is 0. The van der Waals surface area contributed by atoms with E-state index in [-0.39, 0.29) is 6.10 Å². The topological polar surface area (TPSA) is 49.9 Å². The number of hydrogen-bond donors (Lipinski definition) is 2. The highest BCUT2D eigenvalue weighted by Crippen LogP contribution is 2.26. The molecule has 2 atom stereocenters. The van der Waals surface area contributed by atoms with Crippen LogP contribution >= 0.6 is 11.6 Å². The van der Waals surface area contributed by atoms with Gasteiger partial charge in [-0.2, -0.15) is 0 Å². The lowest BCUT2D eigenvalue weighted by Crippen LogP contribution is -2.37. The molecule has 0 bridgehead atoms. The minimum Gasteiger partial charge on any atom is -0.370 e. The van der Waals surface area contributed by atoms with Crippen LogP contribution in [-0.4, -0.2) is 22.6 Å². The Bertz CT molecular complexity index is 519. The van der Waals surface area contributed by atoms with Crippen molar-refractivity contribution in [1.82, 2.24) is 15.3 Å². The zero-order valence-electron chi connectivity index (χ0n) is 11.2. The van der Waals surface area contributed by atoms with Gasteiger partial charge >= 0.3 is 0 Å². The molecular formula is C15H18ClN3O. The molecular weight excluding hydrogens is 274 g/mol. The van der Waals surface area contributed by atoms with Gasteiger partial charge in [-0.3, -0.25) is 0 Å². The predicted molar refractivity (Wildman–Crippen MR) is 78.6 cm³/mol. The molecule has 0 spiro atoms. The van der Waals surface area contributed by atoms with Gasteiger partial charge in [-0.15, -0.1) is 0 Å². The molecule has 20 heavy (non-hydrogen) atoms. The van der Waals surface area contributed by atoms with Crippen LogP contribution in [0.3, 0.4) is 0 Å². The first-order chi connectivity index (χ1) is 9.81. The summed E-state index contributed by atoms with van der Waals surface area (Å²) in [6.07, 6.45) is 5.82. The van der Waals surface area contributed by atoms with Crippen molar-refractivity contribution in [1.29, 1.82) is 0 Å². The number of benzene rings is 1. The average molecular weight is 292 g/mol. The number of nitrogens with zero attached hydrogens (tertiary/aromatic N) is 1. The minimum absolute atomic E-state index is 0.158. The minimum atomic E-state index is 0.158. The molecule has 1 fully saturated rings. The normalized spacial score (nSPS) is 22.9. The van der Waals surface area contributed by atoms with E-state index >= 15 is 0 Å². The lowest BCUT2D eigenvalue weighted by Gasteiger charge is -2.29. The quantitative estimate of drug-likeness (QED) is 0.910. The zero-order valence-corrected chi connectivity index (χ0v) is 11.9. The van der Waals surface area contributed by atoms with E-state index in [1.165, 1.54) is 5.56 Å². The molecule has 0 unspecified atom stereocenters. The van der Waals surface area contributed by atoms with Crippen LogP contribution < -0.4 is 5.32 Å². The van der Waals surface area contributed by atoms with Crippen LogP contribution in [-0.2, 0) is 11.3 Å². The van der Waals surface area contributed by atoms with E-state index in [4.69, 9.17) is 16.3 Å². The summed E-state index contributed by atoms with van der Waals surface area (Å²) in [5.74, 6) is 0. The van der Waals surface area contributed by atoms with Gasteiger partial charge in [0.05, 0.1) is 30.9 Å². The Hall–Kier alpha value is -1.36. The molecule has 106 valence electrons. The number of aromatic nitrogens is 2. The summed E-state index contributed by atoms with van der Waals surface area (Å²) in [5, 5.41) is 4.30. The molecule has 0 radical (unpaired) electrons. The van der Waals surface area contributed by atoms with Gasteiger partial charge in [0.2, 0.25) is 0 Å². The fraction of sp³-hybridized carbons (Fsp3) is 0.400. The zero-order chi connectivity index (χ0) is 13.8. The van der Waals surface area contributed by atoms with Gasteiger partial charge < -0.3 is 15.0 Å². The number of aromatic amines is 1. The second kappa shape index (κ2) is 6.39. The van der Waals surface area contributed by atoms with Crippen LogP contribution in [0, 0.1) is 0 Å². The first-order valence-electron chi connectivity index (χ1n) is 6.89. The van der Waals surface area contributed by atoms with E-state index in [1.54, 1.807) is 6.33 Å². The maximum atomic E-state index is 5.89. The van der Waals surface area contributed by atoms with Crippen LogP contribution in [0.2, 0.25) is 5.02 Å². The third kappa shape index (κ3) is 3.39. The van der Waals surface area contributed by atoms with Crippen molar-refractivity contribution in [2.45, 2.75) is 31.5 Å². The molecule has 1 aliphatic heterocycles. The number of H-pyrrole nitrogens is 1. The summed E-state index contributed by atoms with van der Waals surface area (Å²) in [5.41, 5.74) is 2.31. The fourth-order valence-corrected chi connectivity index (χ4v) is 2.59. The molecule has 1 aromatic carbocycles. The lowest BCUT2D eigenvalue weighted by atomic mass is 10.0. The van der Waals surface area contributed by atoms with Crippen LogP contribution in [0.5, 0.6) is 0 Å². The van der Waals surface area contributed by atoms with Crippen LogP contribution in [0.4, 0.5) is 0 Å². The van der Waals surface area contributed by atoms with Crippen molar-refractivity contribution < 1.29 is 4.74 Å². The molecule has 2 aromatic rings. The SMILES string of the molecule is Clc1ccc(CN[C@@H]2CC[C@@H](c3cnc[nH]3)OC2)cc1. The average Bonchev–Trinajstić information content (AvgIpc) is 3.01. The molecule has 3 rings (SSSR count). The molecule has 2 heterocycles. The Morgan fingerprint density at radius 2 is 2.15 bits per heavy atom. The van der Waals surface area contributed by atoms with Gasteiger partial charge in [-0.05, 0) is 30.5 Å². The maximum Gasteiger partial charge on any atom is 0.0989 e. The molecule has 0 aliphatic carbocycles. The highest BCUT2D eigenvalue weighted by atomic mass is 35.5. The Morgan fingerprint density at radius 1 is 1.30 bits per heavy atom. The van der Waals surface area contributed by atoms with E-state index in [0.717, 1.165) is 36.7 Å². The standard InChI is InChI=1S/C15H18ClN3O/c16-12-3-1-11(2-4-12)7-18-13-5-6-15(20-9-13)14-8-17-10-19-14/h1-4,8,10,13,15,18H,5-7,9H2,(H,17,19)/t13-,15+/m1/s1. The summed E-state index contributed by atoms with van der Waals surface area (Å²) >= 11 is 5.88. The number of imidazole rings is 1. The van der Waals surface area contributed by atoms with E-state index in [0.29, 0.717) is 6.04 Å². The summed E-state index contributed by atoms with van der Waals surface area (Å²) < 4.78 is 5.89. The molecule has 0 amide bonds. The number of halogens is 1. The van der Waals surface area contributed by atoms with Gasteiger partial charge in [0, 0.05) is 17.6 Å². The number of ether oxygens (including phenoxy) is 1. The predicted octanol–water partition coefficient (Wildman–Crippen LogP) is 3.07. The summed E-state index contributed by atoms with van der Waals surface area (Å²) in [6, 6.07) is 8.35. The van der Waals surface area contributed by atoms with Crippen molar-refractivity contribution in [2.75, 3.05) is 6.61 Å². The largest absolute Gasteiger partial charge is 0.370 e. The Kier molecular flexibility index (Phi) is 4.35. The van der Waals surface area contributed by atoms with Gasteiger partial charge in [0.15, 0.2) is 0 Å². The first-order valence-corrected chi connectivity index (χ1v) is 7.27. The number of hydrogen-bond acceptors (Lipinski definition) is 3. The maximum absolute atomic E-state index is 5.89. The molecule has 0 saturated carbocycles. The smallest absolute Gasteiger partial charge is 0.0989 e. The van der Waals surface area contributed by atoms with Crippen molar-refractivity contribution in [3.05, 3.63) is 53.1 Å². The molecule has 4 nitrogen and oxygen atoms in total. The van der Waals surface area contributed by atoms with E-state index in [2.05, 4.69) is 15.3 Å². The highest BCUT2D eigenvalue weighted by molar-refractivity contribution is 6.30. The Balaban J connectivity index is 1.45. The van der Waals surface area contributed by atoms with Crippen molar-refractivity contribution in [3.8, 4) is 0 Å². The second-order valence-corrected chi connectivity index (χ2v) is 5.55. The third-order valence-electron chi connectivity index (χ3n) is 3.65. The molecule has 5 heteroatoms. The Labute approximate surface area is 123 Å². The van der Waals surface area contributed by atoms with Crippen LogP contribution in [0.1, 0.15) is 30.2 Å². The van der Waals surface area contributed by atoms with Gasteiger partial charge in [0.1, 0.15) is 0 Å². The number of rotatable bonds is 4. The van der Waals surface area contributed by atoms with Crippen LogP contribution in [0.25, 0.3) is 0 Å². The van der Waals surface area contributed by atoms with E-state index < -0.39 is 0 Å². The first kappa shape index (κ1) is 13.6. The Morgan fingerprint density at radius 3 is 2.80 bits per heavy atom. The van der Waals surface area contributed by atoms with E-state index in [9.17, 15) is 0 Å². The van der Waals surface area contributed by atoms with Crippen molar-refractivity contribution in [2.24, 2.45) is 0 Å². The molecule has 1 aromatic heterocycles. The van der Waals surface area contributed by atoms with Crippen molar-refractivity contribution in [3.63, 3.8) is 0 Å². The third-order valence-corrected chi connectivity index (χ3v) is 3.90. The highest BCUT2D eigenvalue weighted by Gasteiger charge is 2.23. The van der Waals surface area contributed by atoms with Gasteiger partial charge in [0.25, 0.3) is 0 Å². The van der Waals surface area contributed by atoms with Crippen molar-refractivity contribution >= 4 is 11.6 Å². The van der Waals surface area contributed by atoms with Crippen LogP contribution in [0.15, 0.2) is 36.8 Å². The fourth-order valence-electron chi connectivity index (χ4n) is 2.46. The number of nitrogens with one attached hydrogen (secondary N) is 2. The monoisotopic (exact) mass is 291 g/mol. The summed E-state index contributed by atoms with van der Waals surface area (Å²) in [4.78, 5) is 7.15. The molecule has 2 N–H and O–H groups in total. The molecule has 1 aliphatic rings. The van der Waals surface area contributed by atoms with Gasteiger partial charge in [-0.25, -0.2) is 4.98 Å². The molecule has 1 saturated heterocycles. The summed E-state index contributed by atoms with van der Waals surface area (Å²) in [6.45, 7) is 1.58. The lowest BCUT2D eigenvalue weighted by molar-refractivity contribution is -0.00650. The van der Waals surface area contributed by atoms with E-state index in [1.807, 2.05) is 30.5 Å². The van der Waals surface area contributed by atoms with Gasteiger partial charge in [-0.1, -0.05) is 23.7 Å².